The average Bonchev–Trinajstić information content (AvgIpc) is 3.23. The monoisotopic (exact) mass is 331 g/mol. The van der Waals surface area contributed by atoms with Crippen molar-refractivity contribution in [2.75, 3.05) is 39.5 Å². The zero-order valence-electron chi connectivity index (χ0n) is 13.3. The van der Waals surface area contributed by atoms with Crippen molar-refractivity contribution >= 4 is 11.3 Å². The molecule has 0 aliphatic carbocycles. The number of thiazole rings is 1. The average molecular weight is 331 g/mol. The predicted molar refractivity (Wildman–Crippen MR) is 91.1 cm³/mol. The molecule has 2 aromatic rings. The van der Waals surface area contributed by atoms with E-state index < -0.39 is 0 Å². The number of ether oxygens (including phenoxy) is 2. The highest BCUT2D eigenvalue weighted by Crippen LogP contribution is 2.36. The zero-order valence-corrected chi connectivity index (χ0v) is 14.1. The maximum absolute atomic E-state index is 5.45. The summed E-state index contributed by atoms with van der Waals surface area (Å²) in [4.78, 5) is 9.79. The molecule has 0 unspecified atom stereocenters. The van der Waals surface area contributed by atoms with Crippen LogP contribution in [0.25, 0.3) is 10.6 Å². The second-order valence-electron chi connectivity index (χ2n) is 5.92. The fourth-order valence-corrected chi connectivity index (χ4v) is 3.84. The van der Waals surface area contributed by atoms with Crippen molar-refractivity contribution in [2.45, 2.75) is 13.5 Å². The number of aromatic nitrogens is 1. The van der Waals surface area contributed by atoms with Gasteiger partial charge < -0.3 is 14.4 Å². The van der Waals surface area contributed by atoms with Gasteiger partial charge in [0.2, 0.25) is 6.79 Å². The molecule has 0 radical (unpaired) electrons. The molecule has 1 aromatic carbocycles. The van der Waals surface area contributed by atoms with Crippen LogP contribution >= 0.6 is 11.3 Å². The summed E-state index contributed by atoms with van der Waals surface area (Å²) in [6, 6.07) is 6.03. The molecule has 0 amide bonds. The van der Waals surface area contributed by atoms with Crippen LogP contribution in [0, 0.1) is 0 Å². The molecule has 6 heteroatoms. The molecule has 0 atom stereocenters. The maximum Gasteiger partial charge on any atom is 0.231 e. The Balaban J connectivity index is 1.43. The molecule has 2 aliphatic rings. The highest BCUT2D eigenvalue weighted by atomic mass is 32.1. The Morgan fingerprint density at radius 3 is 2.70 bits per heavy atom. The van der Waals surface area contributed by atoms with E-state index in [0.717, 1.165) is 67.0 Å². The van der Waals surface area contributed by atoms with Crippen LogP contribution in [0.2, 0.25) is 0 Å². The van der Waals surface area contributed by atoms with Crippen molar-refractivity contribution in [1.29, 1.82) is 0 Å². The van der Waals surface area contributed by atoms with Gasteiger partial charge in [0.1, 0.15) is 5.01 Å². The molecule has 0 bridgehead atoms. The lowest BCUT2D eigenvalue weighted by Gasteiger charge is -2.33. The van der Waals surface area contributed by atoms with Crippen LogP contribution < -0.4 is 9.47 Å². The molecule has 5 nitrogen and oxygen atoms in total. The molecule has 1 aromatic heterocycles. The number of piperazine rings is 1. The van der Waals surface area contributed by atoms with Gasteiger partial charge in [-0.25, -0.2) is 4.98 Å². The number of rotatable bonds is 4. The Morgan fingerprint density at radius 1 is 1.09 bits per heavy atom. The van der Waals surface area contributed by atoms with Crippen molar-refractivity contribution in [3.8, 4) is 22.1 Å². The van der Waals surface area contributed by atoms with E-state index in [9.17, 15) is 0 Å². The molecule has 0 N–H and O–H groups in total. The van der Waals surface area contributed by atoms with Crippen LogP contribution in [-0.4, -0.2) is 54.3 Å². The summed E-state index contributed by atoms with van der Waals surface area (Å²) in [5, 5.41) is 3.22. The van der Waals surface area contributed by atoms with E-state index in [1.54, 1.807) is 11.3 Å². The number of nitrogens with zero attached hydrogens (tertiary/aromatic N) is 3. The van der Waals surface area contributed by atoms with Crippen LogP contribution in [0.15, 0.2) is 23.6 Å². The van der Waals surface area contributed by atoms with Gasteiger partial charge in [0.25, 0.3) is 0 Å². The number of hydrogen-bond acceptors (Lipinski definition) is 6. The van der Waals surface area contributed by atoms with E-state index in [2.05, 4.69) is 28.2 Å². The fourth-order valence-electron chi connectivity index (χ4n) is 3.03. The minimum absolute atomic E-state index is 0.311. The second kappa shape index (κ2) is 6.47. The topological polar surface area (TPSA) is 37.8 Å². The Morgan fingerprint density at radius 2 is 1.87 bits per heavy atom. The van der Waals surface area contributed by atoms with Crippen molar-refractivity contribution in [1.82, 2.24) is 14.8 Å². The first-order valence-corrected chi connectivity index (χ1v) is 8.99. The van der Waals surface area contributed by atoms with Gasteiger partial charge in [-0.05, 0) is 24.7 Å². The molecule has 4 rings (SSSR count). The van der Waals surface area contributed by atoms with Crippen LogP contribution in [0.1, 0.15) is 12.6 Å². The standard InChI is InChI=1S/C17H21N3O2S/c1-2-19-5-7-20(8-6-19)10-14-11-23-17(18-14)13-3-4-15-16(9-13)22-12-21-15/h3-4,9,11H,2,5-8,10,12H2,1H3. The van der Waals surface area contributed by atoms with E-state index in [0.29, 0.717) is 6.79 Å². The number of benzene rings is 1. The summed E-state index contributed by atoms with van der Waals surface area (Å²) in [6.07, 6.45) is 0. The normalized spacial score (nSPS) is 18.5. The summed E-state index contributed by atoms with van der Waals surface area (Å²) in [7, 11) is 0. The fraction of sp³-hybridized carbons (Fsp3) is 0.471. The first-order chi connectivity index (χ1) is 11.3. The molecular weight excluding hydrogens is 310 g/mol. The van der Waals surface area contributed by atoms with E-state index in [1.165, 1.54) is 0 Å². The highest BCUT2D eigenvalue weighted by molar-refractivity contribution is 7.13. The van der Waals surface area contributed by atoms with Crippen LogP contribution in [-0.2, 0) is 6.54 Å². The molecule has 122 valence electrons. The minimum atomic E-state index is 0.311. The van der Waals surface area contributed by atoms with Gasteiger partial charge in [0.15, 0.2) is 11.5 Å². The Bertz CT molecular complexity index is 680. The summed E-state index contributed by atoms with van der Waals surface area (Å²) in [6.45, 7) is 9.22. The van der Waals surface area contributed by atoms with Gasteiger partial charge in [-0.3, -0.25) is 4.90 Å². The first-order valence-electron chi connectivity index (χ1n) is 8.11. The van der Waals surface area contributed by atoms with Crippen molar-refractivity contribution in [3.63, 3.8) is 0 Å². The number of likely N-dealkylation sites (N-methyl/N-ethyl adjacent to an activating group) is 1. The van der Waals surface area contributed by atoms with Gasteiger partial charge in [-0.2, -0.15) is 0 Å². The summed E-state index contributed by atoms with van der Waals surface area (Å²) >= 11 is 1.70. The molecule has 3 heterocycles. The van der Waals surface area contributed by atoms with Gasteiger partial charge in [-0.1, -0.05) is 6.92 Å². The first kappa shape index (κ1) is 14.9. The Kier molecular flexibility index (Phi) is 4.20. The molecule has 1 saturated heterocycles. The van der Waals surface area contributed by atoms with Crippen molar-refractivity contribution in [3.05, 3.63) is 29.3 Å². The molecular formula is C17H21N3O2S. The predicted octanol–water partition coefficient (Wildman–Crippen LogP) is 2.68. The van der Waals surface area contributed by atoms with Gasteiger partial charge in [0, 0.05) is 43.7 Å². The highest BCUT2D eigenvalue weighted by Gasteiger charge is 2.18. The summed E-state index contributed by atoms with van der Waals surface area (Å²) < 4.78 is 10.8. The lowest BCUT2D eigenvalue weighted by atomic mass is 10.2. The van der Waals surface area contributed by atoms with Gasteiger partial charge in [0.05, 0.1) is 5.69 Å². The molecule has 23 heavy (non-hydrogen) atoms. The van der Waals surface area contributed by atoms with E-state index in [1.807, 2.05) is 12.1 Å². The van der Waals surface area contributed by atoms with Crippen LogP contribution in [0.3, 0.4) is 0 Å². The Labute approximate surface area is 140 Å². The van der Waals surface area contributed by atoms with Crippen molar-refractivity contribution in [2.24, 2.45) is 0 Å². The minimum Gasteiger partial charge on any atom is -0.454 e. The van der Waals surface area contributed by atoms with E-state index in [4.69, 9.17) is 14.5 Å². The zero-order chi connectivity index (χ0) is 15.6. The van der Waals surface area contributed by atoms with Gasteiger partial charge >= 0.3 is 0 Å². The SMILES string of the molecule is CCN1CCN(Cc2csc(-c3ccc4c(c3)OCO4)n2)CC1. The summed E-state index contributed by atoms with van der Waals surface area (Å²) in [5.74, 6) is 1.63. The third kappa shape index (κ3) is 3.20. The summed E-state index contributed by atoms with van der Waals surface area (Å²) in [5.41, 5.74) is 2.26. The van der Waals surface area contributed by atoms with Gasteiger partial charge in [-0.15, -0.1) is 11.3 Å². The number of fused-ring (bicyclic) bond motifs is 1. The second-order valence-corrected chi connectivity index (χ2v) is 6.78. The maximum atomic E-state index is 5.45. The van der Waals surface area contributed by atoms with E-state index in [-0.39, 0.29) is 0 Å². The lowest BCUT2D eigenvalue weighted by Crippen LogP contribution is -2.45. The lowest BCUT2D eigenvalue weighted by molar-refractivity contribution is 0.131. The van der Waals surface area contributed by atoms with Crippen LogP contribution in [0.4, 0.5) is 0 Å². The molecule has 0 saturated carbocycles. The van der Waals surface area contributed by atoms with E-state index >= 15 is 0 Å². The molecule has 2 aliphatic heterocycles. The molecule has 1 fully saturated rings. The third-order valence-corrected chi connectivity index (χ3v) is 5.41. The third-order valence-electron chi connectivity index (χ3n) is 4.47. The Hall–Kier alpha value is -1.63. The van der Waals surface area contributed by atoms with Crippen molar-refractivity contribution < 1.29 is 9.47 Å². The molecule has 0 spiro atoms. The number of hydrogen-bond donors (Lipinski definition) is 0. The smallest absolute Gasteiger partial charge is 0.231 e. The largest absolute Gasteiger partial charge is 0.454 e. The quantitative estimate of drug-likeness (QED) is 0.861. The van der Waals surface area contributed by atoms with Crippen LogP contribution in [0.5, 0.6) is 11.5 Å².